The molecule has 1 heterocycles. The molecule has 0 aliphatic heterocycles. The van der Waals surface area contributed by atoms with Crippen LogP contribution in [0.2, 0.25) is 0 Å². The molecule has 0 amide bonds. The number of nitrogens with one attached hydrogen (secondary N) is 1. The van der Waals surface area contributed by atoms with E-state index < -0.39 is 0 Å². The summed E-state index contributed by atoms with van der Waals surface area (Å²) in [6, 6.07) is 3.29. The minimum atomic E-state index is -0.370. The first kappa shape index (κ1) is 15.4. The van der Waals surface area contributed by atoms with Crippen LogP contribution in [0.5, 0.6) is 0 Å². The quantitative estimate of drug-likeness (QED) is 0.705. The van der Waals surface area contributed by atoms with Gasteiger partial charge in [-0.2, -0.15) is 0 Å². The van der Waals surface area contributed by atoms with Gasteiger partial charge in [0.05, 0.1) is 12.7 Å². The van der Waals surface area contributed by atoms with Crippen molar-refractivity contribution in [3.8, 4) is 0 Å². The van der Waals surface area contributed by atoms with E-state index in [9.17, 15) is 4.79 Å². The number of carbonyl (C=O) groups is 1. The van der Waals surface area contributed by atoms with Crippen molar-refractivity contribution in [3.05, 3.63) is 23.9 Å². The highest BCUT2D eigenvalue weighted by molar-refractivity contribution is 5.89. The Morgan fingerprint density at radius 3 is 2.95 bits per heavy atom. The monoisotopic (exact) mass is 266 g/mol. The van der Waals surface area contributed by atoms with Gasteiger partial charge in [0.2, 0.25) is 0 Å². The van der Waals surface area contributed by atoms with Gasteiger partial charge in [0.25, 0.3) is 0 Å². The zero-order valence-electron chi connectivity index (χ0n) is 11.6. The molecule has 0 bridgehead atoms. The Morgan fingerprint density at radius 2 is 2.32 bits per heavy atom. The number of hydrogen-bond donors (Lipinski definition) is 2. The van der Waals surface area contributed by atoms with Gasteiger partial charge in [0.1, 0.15) is 5.82 Å². The van der Waals surface area contributed by atoms with Gasteiger partial charge in [-0.15, -0.1) is 0 Å². The number of nitrogens with zero attached hydrogens (tertiary/aromatic N) is 1. The van der Waals surface area contributed by atoms with Crippen molar-refractivity contribution in [1.82, 2.24) is 4.98 Å². The molecule has 0 saturated carbocycles. The third-order valence-corrected chi connectivity index (χ3v) is 2.99. The lowest BCUT2D eigenvalue weighted by Crippen LogP contribution is -2.16. The number of pyridine rings is 1. The summed E-state index contributed by atoms with van der Waals surface area (Å²) in [5, 5.41) is 12.2. The number of aliphatic hydroxyl groups excluding tert-OH is 1. The molecule has 5 nitrogen and oxygen atoms in total. The minimum Gasteiger partial charge on any atom is -0.465 e. The van der Waals surface area contributed by atoms with Crippen LogP contribution < -0.4 is 5.32 Å². The SMILES string of the molecule is CCCC(CCO)CNc1cc(C(=O)OC)ccn1. The molecule has 2 N–H and O–H groups in total. The first-order valence-corrected chi connectivity index (χ1v) is 6.60. The van der Waals surface area contributed by atoms with E-state index in [1.54, 1.807) is 18.3 Å². The van der Waals surface area contributed by atoms with Crippen LogP contribution in [0.25, 0.3) is 0 Å². The molecular weight excluding hydrogens is 244 g/mol. The average Bonchev–Trinajstić information content (AvgIpc) is 2.44. The lowest BCUT2D eigenvalue weighted by atomic mass is 10.0. The van der Waals surface area contributed by atoms with Crippen molar-refractivity contribution >= 4 is 11.8 Å². The summed E-state index contributed by atoms with van der Waals surface area (Å²) in [5.74, 6) is 0.700. The summed E-state index contributed by atoms with van der Waals surface area (Å²) in [6.45, 7) is 3.06. The molecule has 0 aliphatic rings. The maximum Gasteiger partial charge on any atom is 0.338 e. The molecule has 0 radical (unpaired) electrons. The van der Waals surface area contributed by atoms with E-state index in [4.69, 9.17) is 5.11 Å². The second kappa shape index (κ2) is 8.48. The zero-order valence-corrected chi connectivity index (χ0v) is 11.6. The van der Waals surface area contributed by atoms with Crippen LogP contribution in [-0.2, 0) is 4.74 Å². The number of ether oxygens (including phenoxy) is 1. The molecule has 1 atom stereocenters. The first-order chi connectivity index (χ1) is 9.21. The predicted octanol–water partition coefficient (Wildman–Crippen LogP) is 2.08. The van der Waals surface area contributed by atoms with Gasteiger partial charge >= 0.3 is 5.97 Å². The Kier molecular flexibility index (Phi) is 6.89. The van der Waals surface area contributed by atoms with Gasteiger partial charge in [-0.3, -0.25) is 0 Å². The highest BCUT2D eigenvalue weighted by atomic mass is 16.5. The van der Waals surface area contributed by atoms with Crippen molar-refractivity contribution in [2.75, 3.05) is 25.6 Å². The number of rotatable bonds is 8. The van der Waals surface area contributed by atoms with E-state index in [0.29, 0.717) is 17.3 Å². The molecular formula is C14H22N2O3. The Morgan fingerprint density at radius 1 is 1.53 bits per heavy atom. The molecule has 1 rings (SSSR count). The number of anilines is 1. The maximum absolute atomic E-state index is 11.4. The number of aliphatic hydroxyl groups is 1. The van der Waals surface area contributed by atoms with E-state index in [0.717, 1.165) is 25.8 Å². The minimum absolute atomic E-state index is 0.196. The zero-order chi connectivity index (χ0) is 14.1. The molecule has 1 unspecified atom stereocenters. The van der Waals surface area contributed by atoms with Crippen molar-refractivity contribution in [2.45, 2.75) is 26.2 Å². The predicted molar refractivity (Wildman–Crippen MR) is 74.2 cm³/mol. The Labute approximate surface area is 114 Å². The van der Waals surface area contributed by atoms with Crippen molar-refractivity contribution in [3.63, 3.8) is 0 Å². The fourth-order valence-electron chi connectivity index (χ4n) is 1.96. The molecule has 1 aromatic rings. The largest absolute Gasteiger partial charge is 0.465 e. The van der Waals surface area contributed by atoms with Crippen molar-refractivity contribution < 1.29 is 14.6 Å². The smallest absolute Gasteiger partial charge is 0.338 e. The van der Waals surface area contributed by atoms with Crippen LogP contribution in [0.1, 0.15) is 36.5 Å². The molecule has 106 valence electrons. The molecule has 0 spiro atoms. The third kappa shape index (κ3) is 5.26. The number of carbonyl (C=O) groups excluding carboxylic acids is 1. The summed E-state index contributed by atoms with van der Waals surface area (Å²) in [7, 11) is 1.36. The number of hydrogen-bond acceptors (Lipinski definition) is 5. The van der Waals surface area contributed by atoms with Crippen LogP contribution in [0, 0.1) is 5.92 Å². The second-order valence-electron chi connectivity index (χ2n) is 4.47. The number of aromatic nitrogens is 1. The average molecular weight is 266 g/mol. The second-order valence-corrected chi connectivity index (χ2v) is 4.47. The van der Waals surface area contributed by atoms with E-state index in [2.05, 4.69) is 22.0 Å². The first-order valence-electron chi connectivity index (χ1n) is 6.60. The lowest BCUT2D eigenvalue weighted by Gasteiger charge is -2.16. The Bertz CT molecular complexity index is 390. The topological polar surface area (TPSA) is 71.5 Å². The van der Waals surface area contributed by atoms with Gasteiger partial charge in [-0.05, 0) is 30.9 Å². The highest BCUT2D eigenvalue weighted by Crippen LogP contribution is 2.13. The summed E-state index contributed by atoms with van der Waals surface area (Å²) < 4.78 is 4.67. The number of esters is 1. The van der Waals surface area contributed by atoms with Gasteiger partial charge < -0.3 is 15.2 Å². The van der Waals surface area contributed by atoms with Crippen LogP contribution in [0.15, 0.2) is 18.3 Å². The van der Waals surface area contributed by atoms with E-state index in [1.165, 1.54) is 7.11 Å². The van der Waals surface area contributed by atoms with Crippen LogP contribution in [-0.4, -0.2) is 36.3 Å². The highest BCUT2D eigenvalue weighted by Gasteiger charge is 2.09. The lowest BCUT2D eigenvalue weighted by molar-refractivity contribution is 0.0600. The molecule has 0 aliphatic carbocycles. The van der Waals surface area contributed by atoms with Gasteiger partial charge in [0.15, 0.2) is 0 Å². The fourth-order valence-corrected chi connectivity index (χ4v) is 1.96. The number of methoxy groups -OCH3 is 1. The van der Waals surface area contributed by atoms with E-state index in [1.807, 2.05) is 0 Å². The molecule has 5 heteroatoms. The summed E-state index contributed by atoms with van der Waals surface area (Å²) in [5.41, 5.74) is 0.481. The Balaban J connectivity index is 2.58. The van der Waals surface area contributed by atoms with E-state index in [-0.39, 0.29) is 12.6 Å². The van der Waals surface area contributed by atoms with Gasteiger partial charge in [-0.25, -0.2) is 9.78 Å². The van der Waals surface area contributed by atoms with Gasteiger partial charge in [-0.1, -0.05) is 13.3 Å². The standard InChI is InChI=1S/C14H22N2O3/c1-3-4-11(6-8-17)10-16-13-9-12(5-7-15-13)14(18)19-2/h5,7,9,11,17H,3-4,6,8,10H2,1-2H3,(H,15,16). The van der Waals surface area contributed by atoms with Crippen LogP contribution >= 0.6 is 0 Å². The van der Waals surface area contributed by atoms with Crippen molar-refractivity contribution in [2.24, 2.45) is 5.92 Å². The Hall–Kier alpha value is -1.62. The molecule has 0 fully saturated rings. The molecule has 1 aromatic heterocycles. The normalized spacial score (nSPS) is 11.9. The fraction of sp³-hybridized carbons (Fsp3) is 0.571. The summed E-state index contributed by atoms with van der Waals surface area (Å²) in [6.07, 6.45) is 4.50. The summed E-state index contributed by atoms with van der Waals surface area (Å²) >= 11 is 0. The molecule has 0 saturated heterocycles. The van der Waals surface area contributed by atoms with E-state index >= 15 is 0 Å². The van der Waals surface area contributed by atoms with Crippen LogP contribution in [0.4, 0.5) is 5.82 Å². The third-order valence-electron chi connectivity index (χ3n) is 2.99. The molecule has 19 heavy (non-hydrogen) atoms. The van der Waals surface area contributed by atoms with Gasteiger partial charge in [0, 0.05) is 19.3 Å². The maximum atomic E-state index is 11.4. The van der Waals surface area contributed by atoms with Crippen LogP contribution in [0.3, 0.4) is 0 Å². The summed E-state index contributed by atoms with van der Waals surface area (Å²) in [4.78, 5) is 15.6. The molecule has 0 aromatic carbocycles. The van der Waals surface area contributed by atoms with Crippen molar-refractivity contribution in [1.29, 1.82) is 0 Å².